The van der Waals surface area contributed by atoms with Gasteiger partial charge in [0, 0.05) is 25.5 Å². The van der Waals surface area contributed by atoms with Crippen molar-refractivity contribution in [2.24, 2.45) is 5.73 Å². The molecule has 0 aliphatic carbocycles. The number of aromatic amines is 1. The van der Waals surface area contributed by atoms with Gasteiger partial charge in [0.25, 0.3) is 0 Å². The summed E-state index contributed by atoms with van der Waals surface area (Å²) in [4.78, 5) is 3.01. The third kappa shape index (κ3) is 2.60. The third-order valence-electron chi connectivity index (χ3n) is 2.35. The van der Waals surface area contributed by atoms with E-state index in [0.717, 1.165) is 12.2 Å². The first kappa shape index (κ1) is 9.80. The average molecular weight is 201 g/mol. The lowest BCUT2D eigenvalue weighted by atomic mass is 10.1. The summed E-state index contributed by atoms with van der Waals surface area (Å²) in [6.45, 7) is 1.44. The second-order valence-electron chi connectivity index (χ2n) is 3.47. The van der Waals surface area contributed by atoms with Crippen molar-refractivity contribution in [1.29, 1.82) is 0 Å². The summed E-state index contributed by atoms with van der Waals surface area (Å²) in [5.41, 5.74) is 9.07. The molecule has 0 bridgehead atoms. The number of hydrogen-bond donors (Lipinski definition) is 3. The van der Waals surface area contributed by atoms with Crippen LogP contribution < -0.4 is 11.1 Å². The fourth-order valence-corrected chi connectivity index (χ4v) is 1.43. The fraction of sp³-hybridized carbons (Fsp3) is 0.167. The second-order valence-corrected chi connectivity index (χ2v) is 3.47. The van der Waals surface area contributed by atoms with Gasteiger partial charge in [0.1, 0.15) is 0 Å². The molecule has 1 aromatic carbocycles. The Balaban J connectivity index is 1.93. The summed E-state index contributed by atoms with van der Waals surface area (Å²) < 4.78 is 0. The quantitative estimate of drug-likeness (QED) is 0.709. The van der Waals surface area contributed by atoms with Crippen LogP contribution in [0.2, 0.25) is 0 Å². The van der Waals surface area contributed by atoms with Crippen LogP contribution in [0.5, 0.6) is 0 Å². The predicted octanol–water partition coefficient (Wildman–Crippen LogP) is 2.09. The molecule has 4 N–H and O–H groups in total. The van der Waals surface area contributed by atoms with Gasteiger partial charge >= 0.3 is 0 Å². The molecule has 0 unspecified atom stereocenters. The van der Waals surface area contributed by atoms with E-state index in [1.54, 1.807) is 0 Å². The number of nitrogens with one attached hydrogen (secondary N) is 2. The molecule has 3 heteroatoms. The molecule has 1 aromatic heterocycles. The minimum Gasteiger partial charge on any atom is -0.380 e. The van der Waals surface area contributed by atoms with Crippen molar-refractivity contribution in [3.8, 4) is 0 Å². The molecule has 0 aliphatic heterocycles. The van der Waals surface area contributed by atoms with E-state index >= 15 is 0 Å². The lowest BCUT2D eigenvalue weighted by Crippen LogP contribution is -2.00. The zero-order valence-electron chi connectivity index (χ0n) is 8.53. The van der Waals surface area contributed by atoms with E-state index in [4.69, 9.17) is 5.73 Å². The number of nitrogens with two attached hydrogens (primary N) is 1. The monoisotopic (exact) mass is 201 g/mol. The van der Waals surface area contributed by atoms with E-state index in [2.05, 4.69) is 34.6 Å². The molecule has 0 saturated carbocycles. The SMILES string of the molecule is NCc1ccc(CNc2cc[nH]c2)cc1. The molecule has 15 heavy (non-hydrogen) atoms. The van der Waals surface area contributed by atoms with Crippen molar-refractivity contribution in [2.75, 3.05) is 5.32 Å². The highest BCUT2D eigenvalue weighted by molar-refractivity contribution is 5.41. The summed E-state index contributed by atoms with van der Waals surface area (Å²) in [6.07, 6.45) is 3.84. The van der Waals surface area contributed by atoms with Gasteiger partial charge in [0.05, 0.1) is 5.69 Å². The van der Waals surface area contributed by atoms with Gasteiger partial charge in [-0.05, 0) is 17.2 Å². The van der Waals surface area contributed by atoms with Crippen molar-refractivity contribution < 1.29 is 0 Å². The topological polar surface area (TPSA) is 53.8 Å². The minimum atomic E-state index is 0.603. The molecule has 0 amide bonds. The number of anilines is 1. The number of H-pyrrole nitrogens is 1. The average Bonchev–Trinajstić information content (AvgIpc) is 2.80. The minimum absolute atomic E-state index is 0.603. The highest BCUT2D eigenvalue weighted by Gasteiger charge is 1.94. The van der Waals surface area contributed by atoms with Crippen molar-refractivity contribution in [3.63, 3.8) is 0 Å². The maximum Gasteiger partial charge on any atom is 0.0520 e. The molecule has 0 fully saturated rings. The predicted molar refractivity (Wildman–Crippen MR) is 62.5 cm³/mol. The first-order valence-corrected chi connectivity index (χ1v) is 5.03. The van der Waals surface area contributed by atoms with Crippen LogP contribution >= 0.6 is 0 Å². The summed E-state index contributed by atoms with van der Waals surface area (Å²) in [5, 5.41) is 3.32. The van der Waals surface area contributed by atoms with Crippen LogP contribution in [-0.4, -0.2) is 4.98 Å². The highest BCUT2D eigenvalue weighted by atomic mass is 14.9. The Hall–Kier alpha value is -1.74. The van der Waals surface area contributed by atoms with Crippen LogP contribution in [0.3, 0.4) is 0 Å². The van der Waals surface area contributed by atoms with Gasteiger partial charge < -0.3 is 16.0 Å². The number of benzene rings is 1. The van der Waals surface area contributed by atoms with Crippen molar-refractivity contribution in [1.82, 2.24) is 4.98 Å². The van der Waals surface area contributed by atoms with Gasteiger partial charge in [-0.3, -0.25) is 0 Å². The van der Waals surface area contributed by atoms with E-state index in [0.29, 0.717) is 6.54 Å². The van der Waals surface area contributed by atoms with Gasteiger partial charge in [0.2, 0.25) is 0 Å². The van der Waals surface area contributed by atoms with Crippen molar-refractivity contribution in [2.45, 2.75) is 13.1 Å². The standard InChI is InChI=1S/C12H15N3/c13-7-10-1-3-11(4-2-10)8-15-12-5-6-14-9-12/h1-6,9,14-15H,7-8,13H2. The van der Waals surface area contributed by atoms with E-state index in [-0.39, 0.29) is 0 Å². The molecule has 78 valence electrons. The largest absolute Gasteiger partial charge is 0.380 e. The zero-order chi connectivity index (χ0) is 10.5. The van der Waals surface area contributed by atoms with Crippen LogP contribution in [0, 0.1) is 0 Å². The Labute approximate surface area is 89.3 Å². The van der Waals surface area contributed by atoms with Crippen LogP contribution in [0.25, 0.3) is 0 Å². The molecule has 0 spiro atoms. The van der Waals surface area contributed by atoms with E-state index in [1.807, 2.05) is 18.5 Å². The Morgan fingerprint density at radius 1 is 1.07 bits per heavy atom. The lowest BCUT2D eigenvalue weighted by Gasteiger charge is -2.04. The van der Waals surface area contributed by atoms with E-state index in [9.17, 15) is 0 Å². The second kappa shape index (κ2) is 4.66. The number of hydrogen-bond acceptors (Lipinski definition) is 2. The van der Waals surface area contributed by atoms with Gasteiger partial charge in [-0.25, -0.2) is 0 Å². The summed E-state index contributed by atoms with van der Waals surface area (Å²) in [5.74, 6) is 0. The van der Waals surface area contributed by atoms with E-state index in [1.165, 1.54) is 11.1 Å². The van der Waals surface area contributed by atoms with Crippen LogP contribution in [0.15, 0.2) is 42.7 Å². The van der Waals surface area contributed by atoms with Gasteiger partial charge in [-0.1, -0.05) is 24.3 Å². The Morgan fingerprint density at radius 3 is 2.40 bits per heavy atom. The molecule has 2 aromatic rings. The van der Waals surface area contributed by atoms with Gasteiger partial charge in [-0.2, -0.15) is 0 Å². The number of aromatic nitrogens is 1. The first-order valence-electron chi connectivity index (χ1n) is 5.03. The lowest BCUT2D eigenvalue weighted by molar-refractivity contribution is 1.06. The molecular weight excluding hydrogens is 186 g/mol. The van der Waals surface area contributed by atoms with Crippen LogP contribution in [0.4, 0.5) is 5.69 Å². The van der Waals surface area contributed by atoms with Crippen molar-refractivity contribution >= 4 is 5.69 Å². The third-order valence-corrected chi connectivity index (χ3v) is 2.35. The molecule has 2 rings (SSSR count). The molecule has 0 aliphatic rings. The molecule has 1 heterocycles. The normalized spacial score (nSPS) is 10.2. The van der Waals surface area contributed by atoms with Crippen LogP contribution in [0.1, 0.15) is 11.1 Å². The van der Waals surface area contributed by atoms with Gasteiger partial charge in [0.15, 0.2) is 0 Å². The Morgan fingerprint density at radius 2 is 1.80 bits per heavy atom. The number of rotatable bonds is 4. The maximum absolute atomic E-state index is 5.53. The Bertz CT molecular complexity index is 389. The van der Waals surface area contributed by atoms with Crippen LogP contribution in [-0.2, 0) is 13.1 Å². The smallest absolute Gasteiger partial charge is 0.0520 e. The first-order chi connectivity index (χ1) is 7.38. The van der Waals surface area contributed by atoms with Crippen molar-refractivity contribution in [3.05, 3.63) is 53.9 Å². The Kier molecular flexibility index (Phi) is 3.05. The maximum atomic E-state index is 5.53. The summed E-state index contributed by atoms with van der Waals surface area (Å²) >= 11 is 0. The highest BCUT2D eigenvalue weighted by Crippen LogP contribution is 2.08. The molecule has 0 saturated heterocycles. The summed E-state index contributed by atoms with van der Waals surface area (Å²) in [6, 6.07) is 10.3. The molecule has 0 radical (unpaired) electrons. The van der Waals surface area contributed by atoms with Gasteiger partial charge in [-0.15, -0.1) is 0 Å². The molecule has 3 nitrogen and oxygen atoms in total. The molecular formula is C12H15N3. The summed E-state index contributed by atoms with van der Waals surface area (Å²) in [7, 11) is 0. The fourth-order valence-electron chi connectivity index (χ4n) is 1.43. The molecule has 0 atom stereocenters. The zero-order valence-corrected chi connectivity index (χ0v) is 8.53. The van der Waals surface area contributed by atoms with E-state index < -0.39 is 0 Å².